The van der Waals surface area contributed by atoms with Crippen LogP contribution in [-0.4, -0.2) is 37.7 Å². The van der Waals surface area contributed by atoms with Gasteiger partial charge >= 0.3 is 0 Å². The summed E-state index contributed by atoms with van der Waals surface area (Å²) in [5.41, 5.74) is 3.93. The van der Waals surface area contributed by atoms with Crippen LogP contribution in [0.3, 0.4) is 0 Å². The van der Waals surface area contributed by atoms with Gasteiger partial charge < -0.3 is 15.1 Å². The zero-order chi connectivity index (χ0) is 23.7. The average Bonchev–Trinajstić information content (AvgIpc) is 3.49. The van der Waals surface area contributed by atoms with Gasteiger partial charge in [-0.3, -0.25) is 4.79 Å². The van der Waals surface area contributed by atoms with Crippen LogP contribution in [0.15, 0.2) is 47.1 Å². The van der Waals surface area contributed by atoms with Gasteiger partial charge in [0.1, 0.15) is 11.6 Å². The highest BCUT2D eigenvalue weighted by Crippen LogP contribution is 2.29. The van der Waals surface area contributed by atoms with Gasteiger partial charge in [0.15, 0.2) is 11.4 Å². The van der Waals surface area contributed by atoms with E-state index < -0.39 is 0 Å². The van der Waals surface area contributed by atoms with Crippen molar-refractivity contribution in [1.29, 1.82) is 0 Å². The van der Waals surface area contributed by atoms with Crippen LogP contribution in [0.4, 0.5) is 5.82 Å². The number of aryl methyl sites for hydroxylation is 3. The van der Waals surface area contributed by atoms with Crippen molar-refractivity contribution in [2.45, 2.75) is 65.0 Å². The summed E-state index contributed by atoms with van der Waals surface area (Å²) in [7, 11) is 0. The van der Waals surface area contributed by atoms with Crippen LogP contribution in [0, 0.1) is 13.8 Å². The van der Waals surface area contributed by atoms with E-state index in [9.17, 15) is 4.79 Å². The van der Waals surface area contributed by atoms with Crippen LogP contribution in [0.1, 0.15) is 60.2 Å². The number of nitrogens with zero attached hydrogens (tertiary/aromatic N) is 4. The predicted octanol–water partition coefficient (Wildman–Crippen LogP) is 4.74. The second-order valence-corrected chi connectivity index (χ2v) is 9.02. The molecule has 176 valence electrons. The molecule has 0 aliphatic heterocycles. The fraction of sp³-hybridized carbons (Fsp3) is 0.385. The van der Waals surface area contributed by atoms with Gasteiger partial charge in [0.05, 0.1) is 23.0 Å². The van der Waals surface area contributed by atoms with Crippen LogP contribution >= 0.6 is 0 Å². The van der Waals surface area contributed by atoms with E-state index in [1.807, 2.05) is 11.6 Å². The van der Waals surface area contributed by atoms with Crippen LogP contribution in [0.5, 0.6) is 0 Å². The number of anilines is 1. The molecule has 1 fully saturated rings. The number of amides is 1. The maximum Gasteiger partial charge on any atom is 0.287 e. The highest BCUT2D eigenvalue weighted by Gasteiger charge is 2.25. The normalized spacial score (nSPS) is 18.2. The number of hydrogen-bond acceptors (Lipinski definition) is 6. The number of nitrogens with one attached hydrogen (secondary N) is 2. The highest BCUT2D eigenvalue weighted by molar-refractivity contribution is 5.91. The Bertz CT molecular complexity index is 1290. The van der Waals surface area contributed by atoms with Gasteiger partial charge in [-0.1, -0.05) is 24.6 Å². The molecule has 1 aromatic carbocycles. The Hall–Kier alpha value is -3.68. The number of carbonyl (C=O) groups excluding carboxylic acids is 1. The average molecular weight is 459 g/mol. The molecule has 3 aromatic heterocycles. The second-order valence-electron chi connectivity index (χ2n) is 9.02. The minimum Gasteiger partial charge on any atom is -0.459 e. The Morgan fingerprint density at radius 3 is 2.47 bits per heavy atom. The number of rotatable bonds is 6. The molecule has 3 heterocycles. The van der Waals surface area contributed by atoms with E-state index in [4.69, 9.17) is 19.5 Å². The van der Waals surface area contributed by atoms with E-state index >= 15 is 0 Å². The molecule has 0 atom stereocenters. The monoisotopic (exact) mass is 458 g/mol. The lowest BCUT2D eigenvalue weighted by molar-refractivity contribution is 0.0898. The Morgan fingerprint density at radius 1 is 1.06 bits per heavy atom. The summed E-state index contributed by atoms with van der Waals surface area (Å²) in [4.78, 5) is 22.0. The summed E-state index contributed by atoms with van der Waals surface area (Å²) < 4.78 is 7.12. The Labute approximate surface area is 198 Å². The van der Waals surface area contributed by atoms with Gasteiger partial charge in [-0.2, -0.15) is 5.10 Å². The Morgan fingerprint density at radius 2 is 1.79 bits per heavy atom. The largest absolute Gasteiger partial charge is 0.459 e. The summed E-state index contributed by atoms with van der Waals surface area (Å²) in [6.07, 6.45) is 5.96. The van der Waals surface area contributed by atoms with E-state index in [1.165, 1.54) is 11.8 Å². The number of aromatic nitrogens is 4. The molecule has 1 aliphatic rings. The first-order chi connectivity index (χ1) is 16.5. The number of furan rings is 1. The first-order valence-corrected chi connectivity index (χ1v) is 12.0. The quantitative estimate of drug-likeness (QED) is 0.433. The van der Waals surface area contributed by atoms with E-state index in [1.54, 1.807) is 12.1 Å². The first kappa shape index (κ1) is 22.1. The van der Waals surface area contributed by atoms with Crippen molar-refractivity contribution in [3.05, 3.63) is 65.5 Å². The molecule has 1 saturated carbocycles. The van der Waals surface area contributed by atoms with E-state index in [-0.39, 0.29) is 18.0 Å². The first-order valence-electron chi connectivity index (χ1n) is 12.0. The van der Waals surface area contributed by atoms with Gasteiger partial charge in [-0.25, -0.2) is 14.6 Å². The molecule has 0 unspecified atom stereocenters. The molecule has 0 radical (unpaired) electrons. The SMILES string of the molecule is CCc1nc(NC2CCC(NC(=O)c3ccco3)CC2)c2c(C)nn(-c3ccc(C)cc3)c2n1. The molecule has 5 rings (SSSR count). The lowest BCUT2D eigenvalue weighted by Gasteiger charge is -2.30. The van der Waals surface area contributed by atoms with Crippen LogP contribution in [0.25, 0.3) is 16.7 Å². The third-order valence-corrected chi connectivity index (χ3v) is 6.49. The summed E-state index contributed by atoms with van der Waals surface area (Å²) in [6.45, 7) is 6.15. The van der Waals surface area contributed by atoms with Crippen LogP contribution in [0.2, 0.25) is 0 Å². The molecule has 1 amide bonds. The molecule has 2 N–H and O–H groups in total. The van der Waals surface area contributed by atoms with Crippen molar-refractivity contribution in [2.24, 2.45) is 0 Å². The smallest absolute Gasteiger partial charge is 0.287 e. The molecule has 0 bridgehead atoms. The minimum absolute atomic E-state index is 0.148. The highest BCUT2D eigenvalue weighted by atomic mass is 16.3. The molecular formula is C26H30N6O2. The van der Waals surface area contributed by atoms with E-state index in [0.717, 1.165) is 66.2 Å². The van der Waals surface area contributed by atoms with Crippen LogP contribution in [-0.2, 0) is 6.42 Å². The molecule has 0 saturated heterocycles. The maximum absolute atomic E-state index is 12.3. The van der Waals surface area contributed by atoms with Crippen molar-refractivity contribution in [1.82, 2.24) is 25.1 Å². The topological polar surface area (TPSA) is 97.9 Å². The van der Waals surface area contributed by atoms with Gasteiger partial charge in [0, 0.05) is 18.5 Å². The summed E-state index contributed by atoms with van der Waals surface area (Å²) in [6, 6.07) is 12.2. The number of fused-ring (bicyclic) bond motifs is 1. The van der Waals surface area contributed by atoms with Crippen molar-refractivity contribution in [3.63, 3.8) is 0 Å². The minimum atomic E-state index is -0.148. The molecule has 34 heavy (non-hydrogen) atoms. The summed E-state index contributed by atoms with van der Waals surface area (Å²) >= 11 is 0. The number of carbonyl (C=O) groups is 1. The fourth-order valence-corrected chi connectivity index (χ4v) is 4.60. The lowest BCUT2D eigenvalue weighted by Crippen LogP contribution is -2.40. The predicted molar refractivity (Wildman–Crippen MR) is 131 cm³/mol. The third kappa shape index (κ3) is 4.40. The zero-order valence-corrected chi connectivity index (χ0v) is 19.8. The zero-order valence-electron chi connectivity index (χ0n) is 19.8. The molecule has 8 nitrogen and oxygen atoms in total. The molecular weight excluding hydrogens is 428 g/mol. The van der Waals surface area contributed by atoms with Crippen molar-refractivity contribution in [2.75, 3.05) is 5.32 Å². The maximum atomic E-state index is 12.3. The van der Waals surface area contributed by atoms with Gasteiger partial charge in [-0.15, -0.1) is 0 Å². The summed E-state index contributed by atoms with van der Waals surface area (Å²) in [5, 5.41) is 12.5. The van der Waals surface area contributed by atoms with Crippen molar-refractivity contribution in [3.8, 4) is 5.69 Å². The molecule has 0 spiro atoms. The fourth-order valence-electron chi connectivity index (χ4n) is 4.60. The standard InChI is InChI=1S/C26H30N6O2/c1-4-22-29-24(23-17(3)31-32(25(23)30-22)20-13-7-16(2)8-14-20)27-18-9-11-19(12-10-18)28-26(33)21-6-5-15-34-21/h5-8,13-15,18-19H,4,9-12H2,1-3H3,(H,28,33)(H,27,29,30). The van der Waals surface area contributed by atoms with Crippen molar-refractivity contribution < 1.29 is 9.21 Å². The number of benzene rings is 1. The van der Waals surface area contributed by atoms with Gasteiger partial charge in [-0.05, 0) is 63.8 Å². The lowest BCUT2D eigenvalue weighted by atomic mass is 9.91. The Kier molecular flexibility index (Phi) is 6.04. The summed E-state index contributed by atoms with van der Waals surface area (Å²) in [5.74, 6) is 1.85. The Balaban J connectivity index is 1.35. The van der Waals surface area contributed by atoms with Gasteiger partial charge in [0.25, 0.3) is 5.91 Å². The van der Waals surface area contributed by atoms with Gasteiger partial charge in [0.2, 0.25) is 0 Å². The van der Waals surface area contributed by atoms with E-state index in [2.05, 4.69) is 48.7 Å². The molecule has 8 heteroatoms. The molecule has 1 aliphatic carbocycles. The van der Waals surface area contributed by atoms with Crippen molar-refractivity contribution >= 4 is 22.8 Å². The molecule has 4 aromatic rings. The third-order valence-electron chi connectivity index (χ3n) is 6.49. The second kappa shape index (κ2) is 9.29. The van der Waals surface area contributed by atoms with E-state index in [0.29, 0.717) is 5.76 Å². The number of hydrogen-bond donors (Lipinski definition) is 2. The van der Waals surface area contributed by atoms with Crippen LogP contribution < -0.4 is 10.6 Å².